The lowest BCUT2D eigenvalue weighted by atomic mass is 10.1. The number of halogens is 3. The largest absolute Gasteiger partial charge is 0.298 e. The van der Waals surface area contributed by atoms with E-state index in [9.17, 15) is 4.79 Å². The normalized spacial score (nSPS) is 10.7. The number of amides is 1. The van der Waals surface area contributed by atoms with Crippen LogP contribution in [0.15, 0.2) is 46.9 Å². The van der Waals surface area contributed by atoms with Crippen molar-refractivity contribution in [1.29, 1.82) is 0 Å². The maximum absolute atomic E-state index is 12.4. The molecule has 0 atom stereocenters. The molecule has 3 rings (SSSR count). The van der Waals surface area contributed by atoms with Crippen molar-refractivity contribution in [2.45, 2.75) is 6.92 Å². The molecule has 3 aromatic rings. The first-order valence-electron chi connectivity index (χ1n) is 6.94. The number of hydrogen-bond acceptors (Lipinski definition) is 3. The van der Waals surface area contributed by atoms with Gasteiger partial charge in [-0.15, -0.1) is 11.3 Å². The first-order valence-corrected chi connectivity index (χ1v) is 9.31. The van der Waals surface area contributed by atoms with Gasteiger partial charge in [-0.3, -0.25) is 10.1 Å². The molecule has 0 radical (unpaired) electrons. The van der Waals surface area contributed by atoms with Crippen molar-refractivity contribution in [3.8, 4) is 11.3 Å². The monoisotopic (exact) mass is 440 g/mol. The molecule has 1 heterocycles. The minimum Gasteiger partial charge on any atom is -0.298 e. The fourth-order valence-electron chi connectivity index (χ4n) is 2.17. The van der Waals surface area contributed by atoms with Crippen LogP contribution in [-0.4, -0.2) is 10.9 Å². The molecule has 7 heteroatoms. The third kappa shape index (κ3) is 3.64. The summed E-state index contributed by atoms with van der Waals surface area (Å²) in [6.45, 7) is 1.95. The molecule has 0 unspecified atom stereocenters. The van der Waals surface area contributed by atoms with Crippen LogP contribution < -0.4 is 5.32 Å². The van der Waals surface area contributed by atoms with Crippen LogP contribution in [0.2, 0.25) is 10.0 Å². The zero-order chi connectivity index (χ0) is 17.3. The second-order valence-electron chi connectivity index (χ2n) is 4.99. The van der Waals surface area contributed by atoms with Crippen LogP contribution in [0.25, 0.3) is 11.3 Å². The van der Waals surface area contributed by atoms with E-state index < -0.39 is 0 Å². The molecule has 0 bridgehead atoms. The molecule has 1 aromatic heterocycles. The van der Waals surface area contributed by atoms with Crippen molar-refractivity contribution in [2.24, 2.45) is 0 Å². The van der Waals surface area contributed by atoms with Crippen molar-refractivity contribution in [3.63, 3.8) is 0 Å². The van der Waals surface area contributed by atoms with Crippen molar-refractivity contribution in [3.05, 3.63) is 67.4 Å². The number of nitrogens with zero attached hydrogens (tertiary/aromatic N) is 1. The van der Waals surface area contributed by atoms with Gasteiger partial charge in [0.15, 0.2) is 5.13 Å². The predicted molar refractivity (Wildman–Crippen MR) is 104 cm³/mol. The number of carbonyl (C=O) groups excluding carboxylic acids is 1. The maximum Gasteiger partial charge on any atom is 0.258 e. The Morgan fingerprint density at radius 2 is 1.92 bits per heavy atom. The lowest BCUT2D eigenvalue weighted by Gasteiger charge is -2.03. The fraction of sp³-hybridized carbons (Fsp3) is 0.0588. The third-order valence-electron chi connectivity index (χ3n) is 3.33. The third-order valence-corrected chi connectivity index (χ3v) is 5.65. The van der Waals surface area contributed by atoms with Gasteiger partial charge in [0.2, 0.25) is 0 Å². The number of anilines is 1. The molecular weight excluding hydrogens is 431 g/mol. The van der Waals surface area contributed by atoms with Crippen molar-refractivity contribution >= 4 is 61.5 Å². The van der Waals surface area contributed by atoms with Gasteiger partial charge in [-0.1, -0.05) is 41.4 Å². The molecule has 2 aromatic carbocycles. The van der Waals surface area contributed by atoms with Gasteiger partial charge in [0.25, 0.3) is 5.91 Å². The van der Waals surface area contributed by atoms with Crippen LogP contribution in [0.5, 0.6) is 0 Å². The van der Waals surface area contributed by atoms with Crippen LogP contribution in [0, 0.1) is 6.92 Å². The van der Waals surface area contributed by atoms with Crippen molar-refractivity contribution in [2.75, 3.05) is 5.32 Å². The number of thiazole rings is 1. The molecule has 0 aliphatic heterocycles. The van der Waals surface area contributed by atoms with Gasteiger partial charge in [-0.25, -0.2) is 4.98 Å². The highest BCUT2D eigenvalue weighted by molar-refractivity contribution is 9.10. The molecule has 0 spiro atoms. The SMILES string of the molecule is Cc1sc(NC(=O)c2ccccc2Br)nc1-c1ccc(Cl)c(Cl)c1. The van der Waals surface area contributed by atoms with E-state index >= 15 is 0 Å². The summed E-state index contributed by atoms with van der Waals surface area (Å²) < 4.78 is 0.737. The molecule has 0 aliphatic rings. The Hall–Kier alpha value is -1.40. The topological polar surface area (TPSA) is 42.0 Å². The standard InChI is InChI=1S/C17H11BrCl2N2OS/c1-9-15(10-6-7-13(19)14(20)8-10)21-17(24-9)22-16(23)11-4-2-3-5-12(11)18/h2-8H,1H3,(H,21,22,23). The van der Waals surface area contributed by atoms with Gasteiger partial charge in [-0.2, -0.15) is 0 Å². The summed E-state index contributed by atoms with van der Waals surface area (Å²) in [4.78, 5) is 17.9. The zero-order valence-electron chi connectivity index (χ0n) is 12.4. The molecule has 122 valence electrons. The number of aromatic nitrogens is 1. The van der Waals surface area contributed by atoms with Gasteiger partial charge in [0, 0.05) is 14.9 Å². The molecule has 0 saturated carbocycles. The van der Waals surface area contributed by atoms with E-state index in [0.717, 1.165) is 20.6 Å². The number of hydrogen-bond donors (Lipinski definition) is 1. The first kappa shape index (κ1) is 17.4. The summed E-state index contributed by atoms with van der Waals surface area (Å²) in [7, 11) is 0. The summed E-state index contributed by atoms with van der Waals surface area (Å²) >= 11 is 16.8. The minimum absolute atomic E-state index is 0.211. The average Bonchev–Trinajstić information content (AvgIpc) is 2.91. The summed E-state index contributed by atoms with van der Waals surface area (Å²) in [5, 5.41) is 4.34. The van der Waals surface area contributed by atoms with Crippen LogP contribution in [0.1, 0.15) is 15.2 Å². The Labute approximate surface area is 161 Å². The molecule has 0 fully saturated rings. The highest BCUT2D eigenvalue weighted by Gasteiger charge is 2.15. The Morgan fingerprint density at radius 1 is 1.17 bits per heavy atom. The molecule has 1 amide bonds. The molecule has 0 saturated heterocycles. The summed E-state index contributed by atoms with van der Waals surface area (Å²) in [6.07, 6.45) is 0. The molecule has 3 nitrogen and oxygen atoms in total. The van der Waals surface area contributed by atoms with Crippen LogP contribution in [0.4, 0.5) is 5.13 Å². The molecule has 1 N–H and O–H groups in total. The van der Waals surface area contributed by atoms with Gasteiger partial charge in [-0.05, 0) is 47.1 Å². The Balaban J connectivity index is 1.88. The van der Waals surface area contributed by atoms with Gasteiger partial charge in [0.05, 0.1) is 21.3 Å². The van der Waals surface area contributed by atoms with Crippen molar-refractivity contribution in [1.82, 2.24) is 4.98 Å². The number of carbonyl (C=O) groups is 1. The maximum atomic E-state index is 12.4. The first-order chi connectivity index (χ1) is 11.5. The molecular formula is C17H11BrCl2N2OS. The average molecular weight is 442 g/mol. The van der Waals surface area contributed by atoms with Crippen LogP contribution >= 0.6 is 50.5 Å². The number of aryl methyl sites for hydroxylation is 1. The highest BCUT2D eigenvalue weighted by Crippen LogP contribution is 2.34. The molecule has 24 heavy (non-hydrogen) atoms. The smallest absolute Gasteiger partial charge is 0.258 e. The Morgan fingerprint density at radius 3 is 2.62 bits per heavy atom. The van der Waals surface area contributed by atoms with Crippen LogP contribution in [-0.2, 0) is 0 Å². The summed E-state index contributed by atoms with van der Waals surface area (Å²) in [5.41, 5.74) is 2.20. The minimum atomic E-state index is -0.211. The summed E-state index contributed by atoms with van der Waals surface area (Å²) in [5.74, 6) is -0.211. The Kier molecular flexibility index (Phi) is 5.25. The van der Waals surface area contributed by atoms with Gasteiger partial charge >= 0.3 is 0 Å². The van der Waals surface area contributed by atoms with Gasteiger partial charge in [0.1, 0.15) is 0 Å². The second kappa shape index (κ2) is 7.23. The van der Waals surface area contributed by atoms with E-state index in [4.69, 9.17) is 23.2 Å². The Bertz CT molecular complexity index is 927. The summed E-state index contributed by atoms with van der Waals surface area (Å²) in [6, 6.07) is 12.6. The fourth-order valence-corrected chi connectivity index (χ4v) is 3.76. The van der Waals surface area contributed by atoms with E-state index in [1.54, 1.807) is 18.2 Å². The quantitative estimate of drug-likeness (QED) is 0.508. The van der Waals surface area contributed by atoms with E-state index in [1.807, 2.05) is 31.2 Å². The van der Waals surface area contributed by atoms with Gasteiger partial charge < -0.3 is 0 Å². The van der Waals surface area contributed by atoms with E-state index in [0.29, 0.717) is 20.7 Å². The van der Waals surface area contributed by atoms with E-state index in [1.165, 1.54) is 11.3 Å². The van der Waals surface area contributed by atoms with Crippen LogP contribution in [0.3, 0.4) is 0 Å². The molecule has 0 aliphatic carbocycles. The zero-order valence-corrected chi connectivity index (χ0v) is 16.4. The van der Waals surface area contributed by atoms with Crippen molar-refractivity contribution < 1.29 is 4.79 Å². The lowest BCUT2D eigenvalue weighted by Crippen LogP contribution is -2.12. The lowest BCUT2D eigenvalue weighted by molar-refractivity contribution is 0.102. The number of nitrogens with one attached hydrogen (secondary N) is 1. The highest BCUT2D eigenvalue weighted by atomic mass is 79.9. The number of rotatable bonds is 3. The van der Waals surface area contributed by atoms with E-state index in [2.05, 4.69) is 26.2 Å². The predicted octanol–water partition coefficient (Wildman–Crippen LogP) is 6.44. The van der Waals surface area contributed by atoms with E-state index in [-0.39, 0.29) is 5.91 Å². The number of benzene rings is 2. The second-order valence-corrected chi connectivity index (χ2v) is 7.86.